The molecule has 0 spiro atoms. The van der Waals surface area contributed by atoms with Crippen LogP contribution in [0.15, 0.2) is 72.4 Å². The molecule has 124 valence electrons. The Balaban J connectivity index is 1.62. The summed E-state index contributed by atoms with van der Waals surface area (Å²) < 4.78 is 2.15. The van der Waals surface area contributed by atoms with Gasteiger partial charge in [-0.25, -0.2) is 4.98 Å². The number of carbonyl (C=O) groups excluding carboxylic acids is 1. The van der Waals surface area contributed by atoms with Crippen LogP contribution in [0.2, 0.25) is 0 Å². The van der Waals surface area contributed by atoms with Gasteiger partial charge in [0.05, 0.1) is 28.3 Å². The molecule has 2 heterocycles. The van der Waals surface area contributed by atoms with Crippen LogP contribution in [-0.2, 0) is 0 Å². The smallest absolute Gasteiger partial charge is 0.265 e. The minimum Gasteiger partial charge on any atom is -0.323 e. The predicted molar refractivity (Wildman–Crippen MR) is 102 cm³/mol. The van der Waals surface area contributed by atoms with Crippen molar-refractivity contribution in [3.05, 3.63) is 82.8 Å². The van der Waals surface area contributed by atoms with Gasteiger partial charge in [0, 0.05) is 5.69 Å². The molecule has 0 aliphatic rings. The minimum absolute atomic E-state index is 0.0913. The van der Waals surface area contributed by atoms with Crippen molar-refractivity contribution in [2.24, 2.45) is 0 Å². The monoisotopic (exact) mass is 347 g/mol. The van der Waals surface area contributed by atoms with E-state index in [2.05, 4.69) is 33.9 Å². The maximum atomic E-state index is 12.2. The Hall–Kier alpha value is -2.92. The Morgan fingerprint density at radius 1 is 1.12 bits per heavy atom. The number of amides is 1. The van der Waals surface area contributed by atoms with Gasteiger partial charge in [-0.3, -0.25) is 4.79 Å². The molecule has 1 atom stereocenters. The maximum Gasteiger partial charge on any atom is 0.265 e. The SMILES string of the molecule is C[C@@H](c1ccccc1)n1cnc2cc(NC(=O)c3cccs3)ccc21. The first kappa shape index (κ1) is 15.6. The lowest BCUT2D eigenvalue weighted by Crippen LogP contribution is -2.10. The Morgan fingerprint density at radius 2 is 1.96 bits per heavy atom. The van der Waals surface area contributed by atoms with E-state index in [1.807, 2.05) is 60.2 Å². The number of imidazole rings is 1. The zero-order chi connectivity index (χ0) is 17.2. The maximum absolute atomic E-state index is 12.2. The van der Waals surface area contributed by atoms with E-state index in [9.17, 15) is 4.79 Å². The largest absolute Gasteiger partial charge is 0.323 e. The number of hydrogen-bond donors (Lipinski definition) is 1. The number of fused-ring (bicyclic) bond motifs is 1. The molecule has 1 N–H and O–H groups in total. The molecule has 0 saturated carbocycles. The highest BCUT2D eigenvalue weighted by Gasteiger charge is 2.13. The highest BCUT2D eigenvalue weighted by molar-refractivity contribution is 7.12. The van der Waals surface area contributed by atoms with Crippen LogP contribution in [0.4, 0.5) is 5.69 Å². The zero-order valence-corrected chi connectivity index (χ0v) is 14.5. The lowest BCUT2D eigenvalue weighted by Gasteiger charge is -2.15. The molecule has 2 aromatic carbocycles. The number of rotatable bonds is 4. The van der Waals surface area contributed by atoms with Crippen LogP contribution in [0.1, 0.15) is 28.2 Å². The summed E-state index contributed by atoms with van der Waals surface area (Å²) in [5.74, 6) is -0.0913. The van der Waals surface area contributed by atoms with Crippen LogP contribution < -0.4 is 5.32 Å². The predicted octanol–water partition coefficient (Wildman–Crippen LogP) is 4.96. The number of nitrogens with one attached hydrogen (secondary N) is 1. The van der Waals surface area contributed by atoms with E-state index in [-0.39, 0.29) is 11.9 Å². The van der Waals surface area contributed by atoms with Crippen LogP contribution in [0.5, 0.6) is 0 Å². The summed E-state index contributed by atoms with van der Waals surface area (Å²) in [5, 5.41) is 4.82. The molecule has 25 heavy (non-hydrogen) atoms. The summed E-state index contributed by atoms with van der Waals surface area (Å²) >= 11 is 1.43. The van der Waals surface area contributed by atoms with Crippen LogP contribution in [-0.4, -0.2) is 15.5 Å². The molecule has 0 aliphatic heterocycles. The third-order valence-electron chi connectivity index (χ3n) is 4.28. The second kappa shape index (κ2) is 6.53. The van der Waals surface area contributed by atoms with Crippen molar-refractivity contribution < 1.29 is 4.79 Å². The van der Waals surface area contributed by atoms with Gasteiger partial charge in [0.25, 0.3) is 5.91 Å². The van der Waals surface area contributed by atoms with Crippen LogP contribution in [0.25, 0.3) is 11.0 Å². The van der Waals surface area contributed by atoms with Crippen molar-refractivity contribution in [2.75, 3.05) is 5.32 Å². The molecule has 1 amide bonds. The minimum atomic E-state index is -0.0913. The number of benzene rings is 2. The van der Waals surface area contributed by atoms with Gasteiger partial charge in [-0.15, -0.1) is 11.3 Å². The number of nitrogens with zero attached hydrogens (tertiary/aromatic N) is 2. The van der Waals surface area contributed by atoms with Crippen molar-refractivity contribution >= 4 is 34.0 Å². The van der Waals surface area contributed by atoms with E-state index in [1.165, 1.54) is 16.9 Å². The van der Waals surface area contributed by atoms with Gasteiger partial charge in [-0.2, -0.15) is 0 Å². The molecule has 4 rings (SSSR count). The van der Waals surface area contributed by atoms with Gasteiger partial charge in [0.2, 0.25) is 0 Å². The number of anilines is 1. The summed E-state index contributed by atoms with van der Waals surface area (Å²) in [6.07, 6.45) is 1.85. The molecule has 0 aliphatic carbocycles. The average Bonchev–Trinajstić information content (AvgIpc) is 3.31. The molecule has 4 aromatic rings. The first-order chi connectivity index (χ1) is 12.2. The van der Waals surface area contributed by atoms with Gasteiger partial charge >= 0.3 is 0 Å². The van der Waals surface area contributed by atoms with E-state index >= 15 is 0 Å². The fraction of sp³-hybridized carbons (Fsp3) is 0.100. The van der Waals surface area contributed by atoms with Crippen molar-refractivity contribution in [3.63, 3.8) is 0 Å². The van der Waals surface area contributed by atoms with Crippen molar-refractivity contribution in [3.8, 4) is 0 Å². The molecular weight excluding hydrogens is 330 g/mol. The normalized spacial score (nSPS) is 12.2. The molecular formula is C20H17N3OS. The van der Waals surface area contributed by atoms with Gasteiger partial charge in [-0.05, 0) is 42.1 Å². The topological polar surface area (TPSA) is 46.9 Å². The van der Waals surface area contributed by atoms with Gasteiger partial charge in [0.1, 0.15) is 0 Å². The van der Waals surface area contributed by atoms with E-state index in [0.29, 0.717) is 4.88 Å². The molecule has 0 radical (unpaired) electrons. The van der Waals surface area contributed by atoms with Crippen LogP contribution in [0.3, 0.4) is 0 Å². The standard InChI is InChI=1S/C20H17N3OS/c1-14(15-6-3-2-4-7-15)23-13-21-17-12-16(9-10-18(17)23)22-20(24)19-8-5-11-25-19/h2-14H,1H3,(H,22,24)/t14-/m0/s1. The Bertz CT molecular complexity index is 1010. The number of aromatic nitrogens is 2. The molecule has 5 heteroatoms. The number of hydrogen-bond acceptors (Lipinski definition) is 3. The summed E-state index contributed by atoms with van der Waals surface area (Å²) in [7, 11) is 0. The lowest BCUT2D eigenvalue weighted by molar-refractivity contribution is 0.103. The highest BCUT2D eigenvalue weighted by Crippen LogP contribution is 2.25. The van der Waals surface area contributed by atoms with Gasteiger partial charge in [-0.1, -0.05) is 36.4 Å². The first-order valence-corrected chi connectivity index (χ1v) is 8.97. The number of thiophene rings is 1. The molecule has 2 aromatic heterocycles. The Labute approximate surface area is 149 Å². The summed E-state index contributed by atoms with van der Waals surface area (Å²) in [5.41, 5.74) is 3.90. The third kappa shape index (κ3) is 3.06. The highest BCUT2D eigenvalue weighted by atomic mass is 32.1. The van der Waals surface area contributed by atoms with E-state index in [4.69, 9.17) is 0 Å². The van der Waals surface area contributed by atoms with Crippen molar-refractivity contribution in [1.82, 2.24) is 9.55 Å². The first-order valence-electron chi connectivity index (χ1n) is 8.09. The molecule has 0 unspecified atom stereocenters. The fourth-order valence-electron chi connectivity index (χ4n) is 2.91. The Morgan fingerprint density at radius 3 is 2.72 bits per heavy atom. The van der Waals surface area contributed by atoms with E-state index in [1.54, 1.807) is 0 Å². The van der Waals surface area contributed by atoms with Crippen molar-refractivity contribution in [2.45, 2.75) is 13.0 Å². The second-order valence-electron chi connectivity index (χ2n) is 5.87. The quantitative estimate of drug-likeness (QED) is 0.567. The summed E-state index contributed by atoms with van der Waals surface area (Å²) in [4.78, 5) is 17.4. The molecule has 4 nitrogen and oxygen atoms in total. The van der Waals surface area contributed by atoms with E-state index < -0.39 is 0 Å². The lowest BCUT2D eigenvalue weighted by atomic mass is 10.1. The average molecular weight is 347 g/mol. The second-order valence-corrected chi connectivity index (χ2v) is 6.82. The molecule has 0 bridgehead atoms. The summed E-state index contributed by atoms with van der Waals surface area (Å²) in [6, 6.07) is 20.1. The zero-order valence-electron chi connectivity index (χ0n) is 13.7. The van der Waals surface area contributed by atoms with Crippen LogP contribution in [0, 0.1) is 0 Å². The third-order valence-corrected chi connectivity index (χ3v) is 5.15. The molecule has 0 fully saturated rings. The van der Waals surface area contributed by atoms with Gasteiger partial charge < -0.3 is 9.88 Å². The summed E-state index contributed by atoms with van der Waals surface area (Å²) in [6.45, 7) is 2.16. The molecule has 0 saturated heterocycles. The van der Waals surface area contributed by atoms with Crippen LogP contribution >= 0.6 is 11.3 Å². The number of carbonyl (C=O) groups is 1. The fourth-order valence-corrected chi connectivity index (χ4v) is 3.53. The Kier molecular flexibility index (Phi) is 4.07. The van der Waals surface area contributed by atoms with E-state index in [0.717, 1.165) is 16.7 Å². The van der Waals surface area contributed by atoms with Crippen molar-refractivity contribution in [1.29, 1.82) is 0 Å². The van der Waals surface area contributed by atoms with Gasteiger partial charge in [0.15, 0.2) is 0 Å².